The number of carbonyl (C=O) groups is 1. The summed E-state index contributed by atoms with van der Waals surface area (Å²) in [5.41, 5.74) is 1.15. The van der Waals surface area contributed by atoms with E-state index in [1.165, 1.54) is 22.5 Å². The van der Waals surface area contributed by atoms with Gasteiger partial charge < -0.3 is 14.7 Å². The normalized spacial score (nSPS) is 18.9. The third kappa shape index (κ3) is 5.26. The summed E-state index contributed by atoms with van der Waals surface area (Å²) in [5.74, 6) is -0.205. The van der Waals surface area contributed by atoms with Gasteiger partial charge in [0, 0.05) is 36.1 Å². The number of aromatic nitrogens is 1. The molecule has 1 fully saturated rings. The number of hydrogen-bond donors (Lipinski definition) is 1. The van der Waals surface area contributed by atoms with E-state index in [9.17, 15) is 18.3 Å². The number of amides is 1. The van der Waals surface area contributed by atoms with Gasteiger partial charge in [-0.1, -0.05) is 47.5 Å². The molecule has 2 aromatic carbocycles. The Bertz CT molecular complexity index is 1430. The van der Waals surface area contributed by atoms with Crippen LogP contribution in [-0.2, 0) is 31.6 Å². The number of anilines is 1. The van der Waals surface area contributed by atoms with Crippen molar-refractivity contribution < 1.29 is 23.1 Å². The zero-order valence-electron chi connectivity index (χ0n) is 20.5. The number of likely N-dealkylation sites (tertiary alicyclic amines) is 1. The predicted molar refractivity (Wildman–Crippen MR) is 145 cm³/mol. The molecule has 1 amide bonds. The molecule has 5 rings (SSSR count). The average Bonchev–Trinajstić information content (AvgIpc) is 3.28. The summed E-state index contributed by atoms with van der Waals surface area (Å²) < 4.78 is 34.5. The van der Waals surface area contributed by atoms with Gasteiger partial charge in [0.1, 0.15) is 11.5 Å². The van der Waals surface area contributed by atoms with Gasteiger partial charge >= 0.3 is 0 Å². The number of aliphatic hydroxyl groups is 1. The van der Waals surface area contributed by atoms with Crippen molar-refractivity contribution in [2.24, 2.45) is 0 Å². The zero-order chi connectivity index (χ0) is 26.9. The lowest BCUT2D eigenvalue weighted by atomic mass is 9.85. The minimum absolute atomic E-state index is 0.0261. The molecule has 0 saturated carbocycles. The average molecular weight is 577 g/mol. The molecule has 8 nitrogen and oxygen atoms in total. The Morgan fingerprint density at radius 3 is 2.58 bits per heavy atom. The van der Waals surface area contributed by atoms with Crippen LogP contribution in [0.1, 0.15) is 24.0 Å². The van der Waals surface area contributed by atoms with Crippen molar-refractivity contribution in [1.29, 1.82) is 0 Å². The summed E-state index contributed by atoms with van der Waals surface area (Å²) in [4.78, 5) is 18.6. The molecule has 38 heavy (non-hydrogen) atoms. The first kappa shape index (κ1) is 26.9. The first-order chi connectivity index (χ1) is 18.2. The summed E-state index contributed by atoms with van der Waals surface area (Å²) in [6.45, 7) is 0.613. The van der Waals surface area contributed by atoms with Crippen LogP contribution in [-0.4, -0.2) is 61.7 Å². The highest BCUT2D eigenvalue weighted by Crippen LogP contribution is 2.39. The number of carbonyl (C=O) groups excluding carboxylic acids is 1. The monoisotopic (exact) mass is 575 g/mol. The van der Waals surface area contributed by atoms with E-state index >= 15 is 0 Å². The highest BCUT2D eigenvalue weighted by molar-refractivity contribution is 7.93. The van der Waals surface area contributed by atoms with Crippen molar-refractivity contribution in [3.05, 3.63) is 88.2 Å². The van der Waals surface area contributed by atoms with Crippen LogP contribution in [0.5, 0.6) is 0 Å². The first-order valence-electron chi connectivity index (χ1n) is 12.2. The van der Waals surface area contributed by atoms with Crippen LogP contribution >= 0.6 is 23.2 Å². The molecule has 1 N–H and O–H groups in total. The Labute approximate surface area is 231 Å². The van der Waals surface area contributed by atoms with E-state index in [1.54, 1.807) is 35.5 Å². The molecular formula is C27H27Cl2N3O5S. The molecule has 1 saturated heterocycles. The van der Waals surface area contributed by atoms with E-state index in [4.69, 9.17) is 27.9 Å². The number of rotatable bonds is 7. The van der Waals surface area contributed by atoms with E-state index in [2.05, 4.69) is 4.98 Å². The van der Waals surface area contributed by atoms with Gasteiger partial charge in [-0.05, 0) is 55.2 Å². The largest absolute Gasteiger partial charge is 0.385 e. The van der Waals surface area contributed by atoms with Crippen LogP contribution in [0.2, 0.25) is 10.0 Å². The summed E-state index contributed by atoms with van der Waals surface area (Å²) in [6, 6.07) is 14.6. The molecule has 3 heterocycles. The second-order valence-electron chi connectivity index (χ2n) is 9.53. The van der Waals surface area contributed by atoms with Crippen LogP contribution in [0.4, 0.5) is 5.69 Å². The van der Waals surface area contributed by atoms with E-state index in [0.717, 1.165) is 11.1 Å². The Balaban J connectivity index is 1.24. The van der Waals surface area contributed by atoms with E-state index in [0.29, 0.717) is 43.1 Å². The van der Waals surface area contributed by atoms with E-state index < -0.39 is 21.7 Å². The minimum Gasteiger partial charge on any atom is -0.385 e. The number of halogens is 2. The van der Waals surface area contributed by atoms with Crippen molar-refractivity contribution in [2.75, 3.05) is 30.6 Å². The van der Waals surface area contributed by atoms with Crippen molar-refractivity contribution in [1.82, 2.24) is 9.88 Å². The number of fused-ring (bicyclic) bond motifs is 1. The fourth-order valence-electron chi connectivity index (χ4n) is 5.10. The molecule has 0 bridgehead atoms. The van der Waals surface area contributed by atoms with Gasteiger partial charge in [-0.25, -0.2) is 8.42 Å². The van der Waals surface area contributed by atoms with Crippen molar-refractivity contribution in [2.45, 2.75) is 35.8 Å². The number of sulfonamides is 1. The van der Waals surface area contributed by atoms with Gasteiger partial charge in [0.15, 0.2) is 0 Å². The number of ether oxygens (including phenoxy) is 1. The lowest BCUT2D eigenvalue weighted by Crippen LogP contribution is -2.47. The van der Waals surface area contributed by atoms with Crippen molar-refractivity contribution in [3.63, 3.8) is 0 Å². The lowest BCUT2D eigenvalue weighted by molar-refractivity contribution is -0.140. The van der Waals surface area contributed by atoms with Crippen LogP contribution in [0.15, 0.2) is 71.9 Å². The number of benzene rings is 2. The predicted octanol–water partition coefficient (Wildman–Crippen LogP) is 4.04. The fourth-order valence-corrected chi connectivity index (χ4v) is 7.52. The van der Waals surface area contributed by atoms with Crippen LogP contribution in [0, 0.1) is 0 Å². The molecule has 200 valence electrons. The maximum atomic E-state index is 13.7. The Morgan fingerprint density at radius 1 is 1.11 bits per heavy atom. The Hall–Kier alpha value is -2.69. The van der Waals surface area contributed by atoms with Crippen molar-refractivity contribution in [3.8, 4) is 0 Å². The molecule has 0 spiro atoms. The van der Waals surface area contributed by atoms with Crippen molar-refractivity contribution >= 4 is 44.8 Å². The van der Waals surface area contributed by atoms with E-state index in [1.807, 2.05) is 18.2 Å². The van der Waals surface area contributed by atoms with Gasteiger partial charge in [-0.3, -0.25) is 14.1 Å². The number of hydrogen-bond acceptors (Lipinski definition) is 6. The smallest absolute Gasteiger partial charge is 0.266 e. The maximum absolute atomic E-state index is 13.7. The molecule has 0 radical (unpaired) electrons. The molecule has 1 atom stereocenters. The molecule has 2 aliphatic heterocycles. The van der Waals surface area contributed by atoms with Crippen LogP contribution in [0.3, 0.4) is 0 Å². The fraction of sp³-hybridized carbons (Fsp3) is 0.333. The molecule has 0 aliphatic carbocycles. The number of piperidine rings is 1. The van der Waals surface area contributed by atoms with Gasteiger partial charge in [0.2, 0.25) is 5.91 Å². The molecule has 1 aromatic heterocycles. The summed E-state index contributed by atoms with van der Waals surface area (Å²) in [6.07, 6.45) is 4.54. The third-order valence-electron chi connectivity index (χ3n) is 7.12. The van der Waals surface area contributed by atoms with Gasteiger partial charge in [-0.15, -0.1) is 0 Å². The molecule has 3 aromatic rings. The summed E-state index contributed by atoms with van der Waals surface area (Å²) in [7, 11) is -4.02. The Kier molecular flexibility index (Phi) is 7.66. The number of para-hydroxylation sites is 1. The summed E-state index contributed by atoms with van der Waals surface area (Å²) >= 11 is 12.2. The van der Waals surface area contributed by atoms with Gasteiger partial charge in [-0.2, -0.15) is 0 Å². The Morgan fingerprint density at radius 2 is 1.87 bits per heavy atom. The second-order valence-corrected chi connectivity index (χ2v) is 12.2. The maximum Gasteiger partial charge on any atom is 0.266 e. The highest BCUT2D eigenvalue weighted by Gasteiger charge is 2.40. The standard InChI is InChI=1S/C27H27Cl2N3O5S/c28-21-7-8-25(23(29)15-21)38(35,36)32-22(14-19-4-1-2-6-24(19)32)17-37-18-26(33)31-12-9-27(34,10-13-31)20-5-3-11-30-16-20/h1-8,11,15-16,22,34H,9-10,12-14,17-18H2. The number of nitrogens with zero attached hydrogens (tertiary/aromatic N) is 3. The molecule has 1 unspecified atom stereocenters. The SMILES string of the molecule is O=C(COCC1Cc2ccccc2N1S(=O)(=O)c1ccc(Cl)cc1Cl)N1CCC(O)(c2cccnc2)CC1. The highest BCUT2D eigenvalue weighted by atomic mass is 35.5. The molecule has 11 heteroatoms. The number of pyridine rings is 1. The van der Waals surface area contributed by atoms with E-state index in [-0.39, 0.29) is 29.0 Å². The van der Waals surface area contributed by atoms with Gasteiger partial charge in [0.05, 0.1) is 29.0 Å². The molecule has 2 aliphatic rings. The minimum atomic E-state index is -4.02. The second kappa shape index (κ2) is 10.8. The van der Waals surface area contributed by atoms with Crippen LogP contribution in [0.25, 0.3) is 0 Å². The first-order valence-corrected chi connectivity index (χ1v) is 14.4. The topological polar surface area (TPSA) is 100 Å². The lowest BCUT2D eigenvalue weighted by Gasteiger charge is -2.38. The molecular weight excluding hydrogens is 549 g/mol. The van der Waals surface area contributed by atoms with Crippen LogP contribution < -0.4 is 4.31 Å². The zero-order valence-corrected chi connectivity index (χ0v) is 22.8. The quantitative estimate of drug-likeness (QED) is 0.456. The summed E-state index contributed by atoms with van der Waals surface area (Å²) in [5, 5.41) is 11.4. The van der Waals surface area contributed by atoms with Gasteiger partial charge in [0.25, 0.3) is 10.0 Å². The third-order valence-corrected chi connectivity index (χ3v) is 9.71.